The molecule has 0 saturated carbocycles. The second-order valence-corrected chi connectivity index (χ2v) is 7.67. The predicted octanol–water partition coefficient (Wildman–Crippen LogP) is 3.44. The molecule has 2 aliphatic heterocycles. The molecule has 0 aliphatic carbocycles. The number of amides is 1. The van der Waals surface area contributed by atoms with E-state index in [1.807, 2.05) is 24.3 Å². The number of ether oxygens (including phenoxy) is 2. The Morgan fingerprint density at radius 2 is 1.96 bits per heavy atom. The molecule has 1 amide bonds. The van der Waals surface area contributed by atoms with Crippen LogP contribution in [0.3, 0.4) is 0 Å². The predicted molar refractivity (Wildman–Crippen MR) is 105 cm³/mol. The van der Waals surface area contributed by atoms with E-state index in [9.17, 15) is 4.79 Å². The van der Waals surface area contributed by atoms with Crippen LogP contribution < -0.4 is 10.4 Å². The van der Waals surface area contributed by atoms with Crippen LogP contribution in [0.5, 0.6) is 0 Å². The van der Waals surface area contributed by atoms with E-state index < -0.39 is 0 Å². The van der Waals surface area contributed by atoms with Gasteiger partial charge < -0.3 is 14.4 Å². The number of carbonyl (C=O) groups excluding carboxylic acids is 1. The van der Waals surface area contributed by atoms with Gasteiger partial charge in [0.1, 0.15) is 0 Å². The van der Waals surface area contributed by atoms with Crippen LogP contribution in [0.1, 0.15) is 28.9 Å². The van der Waals surface area contributed by atoms with Gasteiger partial charge >= 0.3 is 0 Å². The fourth-order valence-electron chi connectivity index (χ4n) is 3.29. The summed E-state index contributed by atoms with van der Waals surface area (Å²) in [6.45, 7) is 3.74. The highest BCUT2D eigenvalue weighted by Gasteiger charge is 2.23. The summed E-state index contributed by atoms with van der Waals surface area (Å²) in [4.78, 5) is 21.0. The van der Waals surface area contributed by atoms with Crippen molar-refractivity contribution < 1.29 is 19.1 Å². The summed E-state index contributed by atoms with van der Waals surface area (Å²) in [5.41, 5.74) is 4.74. The second-order valence-electron chi connectivity index (χ2n) is 6.64. The van der Waals surface area contributed by atoms with Crippen LogP contribution >= 0.6 is 11.3 Å². The normalized spacial score (nSPS) is 20.4. The Bertz CT molecular complexity index is 753. The Morgan fingerprint density at radius 3 is 2.70 bits per heavy atom. The van der Waals surface area contributed by atoms with Crippen molar-refractivity contribution in [2.75, 3.05) is 37.8 Å². The highest BCUT2D eigenvalue weighted by molar-refractivity contribution is 7.18. The molecule has 0 bridgehead atoms. The first-order valence-corrected chi connectivity index (χ1v) is 10.2. The Morgan fingerprint density at radius 1 is 1.15 bits per heavy atom. The summed E-state index contributed by atoms with van der Waals surface area (Å²) < 4.78 is 11.0. The Hall–Kier alpha value is -1.93. The van der Waals surface area contributed by atoms with Crippen molar-refractivity contribution in [1.29, 1.82) is 0 Å². The lowest BCUT2D eigenvalue weighted by molar-refractivity contribution is -0.186. The van der Waals surface area contributed by atoms with E-state index in [0.717, 1.165) is 48.5 Å². The highest BCUT2D eigenvalue weighted by atomic mass is 32.1. The first kappa shape index (κ1) is 18.4. The zero-order valence-electron chi connectivity index (χ0n) is 15.2. The van der Waals surface area contributed by atoms with Crippen LogP contribution in [0.15, 0.2) is 36.4 Å². The topological polar surface area (TPSA) is 60.0 Å². The molecule has 27 heavy (non-hydrogen) atoms. The number of nitrogens with zero attached hydrogens (tertiary/aromatic N) is 1. The van der Waals surface area contributed by atoms with Gasteiger partial charge in [0, 0.05) is 31.7 Å². The first-order chi connectivity index (χ1) is 13.3. The molecule has 7 heteroatoms. The molecular formula is C20H24N2O4S. The van der Waals surface area contributed by atoms with Gasteiger partial charge in [0.25, 0.3) is 5.91 Å². The third kappa shape index (κ3) is 4.50. The summed E-state index contributed by atoms with van der Waals surface area (Å²) >= 11 is 1.49. The van der Waals surface area contributed by atoms with Crippen LogP contribution in [-0.2, 0) is 14.3 Å². The van der Waals surface area contributed by atoms with E-state index in [1.54, 1.807) is 0 Å². The van der Waals surface area contributed by atoms with Gasteiger partial charge in [-0.2, -0.15) is 0 Å². The van der Waals surface area contributed by atoms with Crippen molar-refractivity contribution in [3.63, 3.8) is 0 Å². The minimum atomic E-state index is -0.352. The Balaban J connectivity index is 1.53. The molecule has 2 fully saturated rings. The fraction of sp³-hybridized carbons (Fsp3) is 0.450. The highest BCUT2D eigenvalue weighted by Crippen LogP contribution is 2.39. The molecule has 2 saturated heterocycles. The number of rotatable bonds is 5. The standard InChI is InChI=1S/C20H24N2O4S/c23-19(21-26-18-8-4-5-11-25-18)17-14-16(15-6-2-1-3-7-15)20(27-17)22-9-12-24-13-10-22/h1-3,6-7,14,18H,4-5,8-13H2,(H,21,23)/t18-/m0/s1. The molecule has 1 aromatic heterocycles. The number of hydroxylamine groups is 1. The maximum absolute atomic E-state index is 12.6. The summed E-state index contributed by atoms with van der Waals surface area (Å²) in [7, 11) is 0. The van der Waals surface area contributed by atoms with Crippen molar-refractivity contribution >= 4 is 22.2 Å². The van der Waals surface area contributed by atoms with Crippen molar-refractivity contribution in [1.82, 2.24) is 5.48 Å². The molecule has 0 radical (unpaired) electrons. The number of anilines is 1. The zero-order chi connectivity index (χ0) is 18.5. The number of nitrogens with one attached hydrogen (secondary N) is 1. The van der Waals surface area contributed by atoms with E-state index in [-0.39, 0.29) is 12.2 Å². The largest absolute Gasteiger partial charge is 0.378 e. The molecule has 2 aliphatic rings. The zero-order valence-corrected chi connectivity index (χ0v) is 16.0. The van der Waals surface area contributed by atoms with Crippen molar-refractivity contribution in [3.8, 4) is 11.1 Å². The van der Waals surface area contributed by atoms with Gasteiger partial charge in [-0.1, -0.05) is 30.3 Å². The molecule has 0 unspecified atom stereocenters. The van der Waals surface area contributed by atoms with Crippen molar-refractivity contribution in [2.24, 2.45) is 0 Å². The molecule has 144 valence electrons. The van der Waals surface area contributed by atoms with Crippen LogP contribution in [0.25, 0.3) is 11.1 Å². The maximum atomic E-state index is 12.6. The van der Waals surface area contributed by atoms with E-state index in [0.29, 0.717) is 24.7 Å². The lowest BCUT2D eigenvalue weighted by Gasteiger charge is -2.28. The molecule has 3 heterocycles. The number of hydrogen-bond donors (Lipinski definition) is 1. The number of benzene rings is 1. The lowest BCUT2D eigenvalue weighted by atomic mass is 10.1. The molecule has 1 atom stereocenters. The Labute approximate surface area is 163 Å². The SMILES string of the molecule is O=C(NO[C@H]1CCCCO1)c1cc(-c2ccccc2)c(N2CCOCC2)s1. The minimum absolute atomic E-state index is 0.231. The van der Waals surface area contributed by atoms with E-state index in [1.165, 1.54) is 11.3 Å². The van der Waals surface area contributed by atoms with Gasteiger partial charge in [-0.05, 0) is 24.5 Å². The van der Waals surface area contributed by atoms with Gasteiger partial charge in [0.15, 0.2) is 6.29 Å². The lowest BCUT2D eigenvalue weighted by Crippen LogP contribution is -2.36. The number of carbonyl (C=O) groups is 1. The first-order valence-electron chi connectivity index (χ1n) is 9.41. The molecule has 1 N–H and O–H groups in total. The molecule has 1 aromatic carbocycles. The molecule has 0 spiro atoms. The van der Waals surface area contributed by atoms with Crippen molar-refractivity contribution in [2.45, 2.75) is 25.6 Å². The second kappa shape index (κ2) is 8.84. The Kier molecular flexibility index (Phi) is 6.03. The van der Waals surface area contributed by atoms with Crippen molar-refractivity contribution in [3.05, 3.63) is 41.3 Å². The molecule has 2 aromatic rings. The molecular weight excluding hydrogens is 364 g/mol. The minimum Gasteiger partial charge on any atom is -0.378 e. The summed E-state index contributed by atoms with van der Waals surface area (Å²) in [5, 5.41) is 1.10. The van der Waals surface area contributed by atoms with E-state index in [4.69, 9.17) is 14.3 Å². The summed E-state index contributed by atoms with van der Waals surface area (Å²) in [5.74, 6) is -0.231. The number of hydrogen-bond acceptors (Lipinski definition) is 6. The summed E-state index contributed by atoms with van der Waals surface area (Å²) in [6.07, 6.45) is 2.55. The van der Waals surface area contributed by atoms with Crippen LogP contribution in [0.4, 0.5) is 5.00 Å². The third-order valence-electron chi connectivity index (χ3n) is 4.74. The smallest absolute Gasteiger partial charge is 0.285 e. The molecule has 4 rings (SSSR count). The fourth-order valence-corrected chi connectivity index (χ4v) is 4.41. The number of thiophene rings is 1. The van der Waals surface area contributed by atoms with Gasteiger partial charge in [-0.25, -0.2) is 10.3 Å². The van der Waals surface area contributed by atoms with Crippen LogP contribution in [0, 0.1) is 0 Å². The maximum Gasteiger partial charge on any atom is 0.285 e. The average molecular weight is 388 g/mol. The van der Waals surface area contributed by atoms with Gasteiger partial charge in [0.05, 0.1) is 23.1 Å². The van der Waals surface area contributed by atoms with Gasteiger partial charge in [0.2, 0.25) is 0 Å². The van der Waals surface area contributed by atoms with Gasteiger partial charge in [-0.15, -0.1) is 11.3 Å². The van der Waals surface area contributed by atoms with Crippen LogP contribution in [0.2, 0.25) is 0 Å². The quantitative estimate of drug-likeness (QED) is 0.795. The average Bonchev–Trinajstić information content (AvgIpc) is 3.20. The van der Waals surface area contributed by atoms with E-state index >= 15 is 0 Å². The monoisotopic (exact) mass is 388 g/mol. The molecule has 6 nitrogen and oxygen atoms in total. The third-order valence-corrected chi connectivity index (χ3v) is 5.93. The van der Waals surface area contributed by atoms with Crippen LogP contribution in [-0.4, -0.2) is 45.1 Å². The van der Waals surface area contributed by atoms with Gasteiger partial charge in [-0.3, -0.25) is 4.79 Å². The summed E-state index contributed by atoms with van der Waals surface area (Å²) in [6, 6.07) is 12.1. The number of morpholine rings is 1. The van der Waals surface area contributed by atoms with E-state index in [2.05, 4.69) is 22.5 Å².